The van der Waals surface area contributed by atoms with Gasteiger partial charge in [-0.15, -0.1) is 0 Å². The second kappa shape index (κ2) is 4.73. The average Bonchev–Trinajstić information content (AvgIpc) is 2.46. The lowest BCUT2D eigenvalue weighted by molar-refractivity contribution is -0.116. The third kappa shape index (κ3) is 2.11. The van der Waals surface area contributed by atoms with Gasteiger partial charge in [0.1, 0.15) is 11.9 Å². The number of hydrogen-bond acceptors (Lipinski definition) is 4. The summed E-state index contributed by atoms with van der Waals surface area (Å²) in [6, 6.07) is 5.39. The number of carboxylic acids is 1. The second-order valence-corrected chi connectivity index (χ2v) is 4.51. The minimum atomic E-state index is -1.06. The minimum absolute atomic E-state index is 0.00138. The smallest absolute Gasteiger partial charge is 0.339 e. The van der Waals surface area contributed by atoms with Crippen molar-refractivity contribution in [2.75, 3.05) is 5.32 Å². The molecule has 0 unspecified atom stereocenters. The fourth-order valence-electron chi connectivity index (χ4n) is 2.25. The molecule has 0 fully saturated rings. The summed E-state index contributed by atoms with van der Waals surface area (Å²) >= 11 is 0. The molecule has 0 saturated carbocycles. The number of carboxylic acid groups (broad SMARTS) is 1. The van der Waals surface area contributed by atoms with Crippen LogP contribution < -0.4 is 5.32 Å². The molecule has 3 rings (SSSR count). The molecule has 6 heteroatoms. The van der Waals surface area contributed by atoms with Gasteiger partial charge in [-0.2, -0.15) is 0 Å². The van der Waals surface area contributed by atoms with E-state index in [9.17, 15) is 9.59 Å². The molecule has 20 heavy (non-hydrogen) atoms. The van der Waals surface area contributed by atoms with Crippen LogP contribution in [0.5, 0.6) is 0 Å². The third-order valence-electron chi connectivity index (χ3n) is 3.22. The van der Waals surface area contributed by atoms with E-state index in [0.717, 1.165) is 11.3 Å². The molecule has 100 valence electrons. The zero-order valence-corrected chi connectivity index (χ0v) is 10.5. The van der Waals surface area contributed by atoms with E-state index in [1.54, 1.807) is 12.1 Å². The van der Waals surface area contributed by atoms with Crippen LogP contribution in [-0.4, -0.2) is 27.0 Å². The van der Waals surface area contributed by atoms with E-state index >= 15 is 0 Å². The van der Waals surface area contributed by atoms with E-state index in [4.69, 9.17) is 5.11 Å². The van der Waals surface area contributed by atoms with Crippen molar-refractivity contribution in [2.45, 2.75) is 12.8 Å². The maximum atomic E-state index is 11.3. The van der Waals surface area contributed by atoms with Crippen molar-refractivity contribution in [2.24, 2.45) is 0 Å². The number of hydrogen-bond donors (Lipinski definition) is 2. The summed E-state index contributed by atoms with van der Waals surface area (Å²) in [7, 11) is 0. The van der Waals surface area contributed by atoms with E-state index in [1.165, 1.54) is 12.5 Å². The zero-order valence-electron chi connectivity index (χ0n) is 10.5. The largest absolute Gasteiger partial charge is 0.478 e. The first-order valence-electron chi connectivity index (χ1n) is 6.11. The molecule has 0 radical (unpaired) electrons. The summed E-state index contributed by atoms with van der Waals surface area (Å²) in [6.45, 7) is 0. The minimum Gasteiger partial charge on any atom is -0.478 e. The molecule has 2 aromatic rings. The molecule has 2 heterocycles. The summed E-state index contributed by atoms with van der Waals surface area (Å²) in [6.07, 6.45) is 3.68. The van der Waals surface area contributed by atoms with Crippen LogP contribution in [0, 0.1) is 0 Å². The number of anilines is 1. The number of carbonyl (C=O) groups excluding carboxylic acids is 1. The summed E-state index contributed by atoms with van der Waals surface area (Å²) in [5, 5.41) is 12.0. The molecule has 0 bridgehead atoms. The van der Waals surface area contributed by atoms with Gasteiger partial charge in [-0.25, -0.2) is 14.8 Å². The van der Waals surface area contributed by atoms with Gasteiger partial charge >= 0.3 is 5.97 Å². The molecule has 1 amide bonds. The first-order chi connectivity index (χ1) is 9.65. The van der Waals surface area contributed by atoms with Gasteiger partial charge < -0.3 is 10.4 Å². The van der Waals surface area contributed by atoms with Crippen LogP contribution in [0.25, 0.3) is 11.3 Å². The predicted molar refractivity (Wildman–Crippen MR) is 71.4 cm³/mol. The van der Waals surface area contributed by atoms with Crippen LogP contribution in [0.3, 0.4) is 0 Å². The van der Waals surface area contributed by atoms with E-state index in [-0.39, 0.29) is 11.5 Å². The highest BCUT2D eigenvalue weighted by Crippen LogP contribution is 2.29. The van der Waals surface area contributed by atoms with Gasteiger partial charge in [-0.05, 0) is 24.1 Å². The maximum Gasteiger partial charge on any atom is 0.339 e. The number of benzene rings is 1. The Balaban J connectivity index is 2.08. The van der Waals surface area contributed by atoms with E-state index in [2.05, 4.69) is 15.3 Å². The van der Waals surface area contributed by atoms with Crippen LogP contribution in [-0.2, 0) is 11.2 Å². The Morgan fingerprint density at radius 3 is 2.95 bits per heavy atom. The number of amides is 1. The van der Waals surface area contributed by atoms with Crippen molar-refractivity contribution in [1.82, 2.24) is 9.97 Å². The number of rotatable bonds is 2. The molecular formula is C14H11N3O3. The quantitative estimate of drug-likeness (QED) is 0.866. The molecule has 1 aliphatic heterocycles. The van der Waals surface area contributed by atoms with Crippen LogP contribution in [0.2, 0.25) is 0 Å². The monoisotopic (exact) mass is 269 g/mol. The lowest BCUT2D eigenvalue weighted by Crippen LogP contribution is -2.18. The maximum absolute atomic E-state index is 11.3. The predicted octanol–water partition coefficient (Wildman–Crippen LogP) is 1.73. The fraction of sp³-hybridized carbons (Fsp3) is 0.143. The van der Waals surface area contributed by atoms with Crippen molar-refractivity contribution in [3.8, 4) is 11.3 Å². The first kappa shape index (κ1) is 12.3. The molecule has 1 aromatic carbocycles. The molecule has 0 aliphatic carbocycles. The number of carbonyl (C=O) groups is 2. The van der Waals surface area contributed by atoms with Gasteiger partial charge in [0.05, 0.1) is 5.69 Å². The van der Waals surface area contributed by atoms with Gasteiger partial charge in [-0.3, -0.25) is 4.79 Å². The summed E-state index contributed by atoms with van der Waals surface area (Å²) in [4.78, 5) is 30.3. The van der Waals surface area contributed by atoms with Gasteiger partial charge in [0.15, 0.2) is 0 Å². The highest BCUT2D eigenvalue weighted by Gasteiger charge is 2.18. The molecule has 0 spiro atoms. The molecule has 2 N–H and O–H groups in total. The molecule has 0 atom stereocenters. The first-order valence-corrected chi connectivity index (χ1v) is 6.11. The lowest BCUT2D eigenvalue weighted by atomic mass is 9.98. The number of aromatic nitrogens is 2. The number of nitrogens with one attached hydrogen (secondary N) is 1. The topological polar surface area (TPSA) is 92.2 Å². The normalized spacial score (nSPS) is 13.5. The van der Waals surface area contributed by atoms with Gasteiger partial charge in [0.25, 0.3) is 0 Å². The highest BCUT2D eigenvalue weighted by molar-refractivity contribution is 5.96. The van der Waals surface area contributed by atoms with Crippen molar-refractivity contribution >= 4 is 17.6 Å². The van der Waals surface area contributed by atoms with Crippen LogP contribution in [0.1, 0.15) is 22.3 Å². The van der Waals surface area contributed by atoms with Gasteiger partial charge in [0, 0.05) is 23.9 Å². The van der Waals surface area contributed by atoms with Crippen molar-refractivity contribution in [1.29, 1.82) is 0 Å². The van der Waals surface area contributed by atoms with Crippen molar-refractivity contribution in [3.05, 3.63) is 41.9 Å². The average molecular weight is 269 g/mol. The number of aryl methyl sites for hydroxylation is 1. The molecule has 6 nitrogen and oxygen atoms in total. The number of nitrogens with zero attached hydrogens (tertiary/aromatic N) is 2. The van der Waals surface area contributed by atoms with E-state index in [1.807, 2.05) is 6.07 Å². The number of aromatic carboxylic acids is 1. The van der Waals surface area contributed by atoms with Crippen LogP contribution in [0.15, 0.2) is 30.7 Å². The molecule has 1 aromatic heterocycles. The molecule has 1 aliphatic rings. The third-order valence-corrected chi connectivity index (χ3v) is 3.22. The van der Waals surface area contributed by atoms with E-state index in [0.29, 0.717) is 24.1 Å². The molecular weight excluding hydrogens is 258 g/mol. The summed E-state index contributed by atoms with van der Waals surface area (Å²) < 4.78 is 0. The summed E-state index contributed by atoms with van der Waals surface area (Å²) in [5.41, 5.74) is 2.91. The van der Waals surface area contributed by atoms with E-state index < -0.39 is 5.97 Å². The Morgan fingerprint density at radius 2 is 2.15 bits per heavy atom. The summed E-state index contributed by atoms with van der Waals surface area (Å²) in [5.74, 6) is -1.06. The second-order valence-electron chi connectivity index (χ2n) is 4.51. The van der Waals surface area contributed by atoms with Crippen LogP contribution >= 0.6 is 0 Å². The Bertz CT molecular complexity index is 713. The zero-order chi connectivity index (χ0) is 14.1. The SMILES string of the molecule is O=C1CCc2cc(-c3ncncc3C(=O)O)ccc2N1. The van der Waals surface area contributed by atoms with Crippen molar-refractivity contribution in [3.63, 3.8) is 0 Å². The van der Waals surface area contributed by atoms with Crippen LogP contribution in [0.4, 0.5) is 5.69 Å². The van der Waals surface area contributed by atoms with Gasteiger partial charge in [0.2, 0.25) is 5.91 Å². The Hall–Kier alpha value is -2.76. The fourth-order valence-corrected chi connectivity index (χ4v) is 2.25. The Kier molecular flexibility index (Phi) is 2.90. The molecule has 0 saturated heterocycles. The number of fused-ring (bicyclic) bond motifs is 1. The lowest BCUT2D eigenvalue weighted by Gasteiger charge is -2.17. The van der Waals surface area contributed by atoms with Gasteiger partial charge in [-0.1, -0.05) is 6.07 Å². The Morgan fingerprint density at radius 1 is 1.30 bits per heavy atom. The standard InChI is InChI=1S/C14H11N3O3/c18-12-4-2-8-5-9(1-3-11(8)17-12)13-10(14(19)20)6-15-7-16-13/h1,3,5-7H,2,4H2,(H,17,18)(H,19,20). The highest BCUT2D eigenvalue weighted by atomic mass is 16.4. The Labute approximate surface area is 114 Å². The van der Waals surface area contributed by atoms with Crippen molar-refractivity contribution < 1.29 is 14.7 Å².